The maximum absolute atomic E-state index is 11.5. The summed E-state index contributed by atoms with van der Waals surface area (Å²) in [6.07, 6.45) is 3.25. The number of fused-ring (bicyclic) bond motifs is 1. The van der Waals surface area contributed by atoms with Crippen LogP contribution < -0.4 is 19.7 Å². The normalized spacial score (nSPS) is 16.2. The monoisotopic (exact) mass is 385 g/mol. The molecule has 2 aromatic rings. The minimum atomic E-state index is -0.254. The quantitative estimate of drug-likeness (QED) is 0.755. The molecule has 1 saturated heterocycles. The van der Waals surface area contributed by atoms with Crippen LogP contribution in [0.2, 0.25) is 0 Å². The van der Waals surface area contributed by atoms with E-state index in [1.165, 1.54) is 5.56 Å². The predicted molar refractivity (Wildman–Crippen MR) is 102 cm³/mol. The molecule has 1 aromatic heterocycles. The summed E-state index contributed by atoms with van der Waals surface area (Å²) in [6, 6.07) is 6.08. The number of aliphatic hydroxyl groups excluding tert-OH is 1. The van der Waals surface area contributed by atoms with Gasteiger partial charge in [-0.2, -0.15) is 0 Å². The molecule has 0 spiro atoms. The van der Waals surface area contributed by atoms with Crippen LogP contribution in [-0.4, -0.2) is 65.5 Å². The lowest BCUT2D eigenvalue weighted by molar-refractivity contribution is -0.116. The van der Waals surface area contributed by atoms with Crippen LogP contribution in [0.5, 0.6) is 11.5 Å². The molecule has 0 atom stereocenters. The zero-order chi connectivity index (χ0) is 19.3. The van der Waals surface area contributed by atoms with Gasteiger partial charge in [0.15, 0.2) is 11.5 Å². The van der Waals surface area contributed by atoms with E-state index in [0.717, 1.165) is 44.2 Å². The van der Waals surface area contributed by atoms with Crippen LogP contribution in [0.25, 0.3) is 0 Å². The Balaban J connectivity index is 1.28. The number of nitrogens with zero attached hydrogens (tertiary/aromatic N) is 4. The first-order chi connectivity index (χ1) is 13.7. The van der Waals surface area contributed by atoms with Gasteiger partial charge in [-0.05, 0) is 17.7 Å². The molecule has 2 N–H and O–H groups in total. The molecular formula is C19H23N5O4. The van der Waals surface area contributed by atoms with Crippen LogP contribution >= 0.6 is 0 Å². The summed E-state index contributed by atoms with van der Waals surface area (Å²) < 4.78 is 10.8. The lowest BCUT2D eigenvalue weighted by atomic mass is 10.1. The fraction of sp³-hybridized carbons (Fsp3) is 0.421. The van der Waals surface area contributed by atoms with Crippen molar-refractivity contribution in [1.29, 1.82) is 0 Å². The fourth-order valence-corrected chi connectivity index (χ4v) is 3.28. The zero-order valence-electron chi connectivity index (χ0n) is 15.5. The van der Waals surface area contributed by atoms with Gasteiger partial charge in [0.25, 0.3) is 0 Å². The number of benzene rings is 1. The molecule has 1 aromatic carbocycles. The standard InChI is InChI=1S/C19H23N5O4/c25-8-3-18(26)22-15-10-20-19(21-11-15)24-6-4-23(5-7-24)12-14-1-2-16-17(9-14)28-13-27-16/h1-2,9-11,25H,3-8,12-13H2,(H,22,26). The number of amides is 1. The minimum Gasteiger partial charge on any atom is -0.454 e. The average Bonchev–Trinajstić information content (AvgIpc) is 3.17. The second-order valence-electron chi connectivity index (χ2n) is 6.74. The van der Waals surface area contributed by atoms with E-state index in [9.17, 15) is 4.79 Å². The summed E-state index contributed by atoms with van der Waals surface area (Å²) in [5.74, 6) is 2.02. The Labute approximate surface area is 162 Å². The highest BCUT2D eigenvalue weighted by Gasteiger charge is 2.20. The largest absolute Gasteiger partial charge is 0.454 e. The van der Waals surface area contributed by atoms with Crippen molar-refractivity contribution in [2.24, 2.45) is 0 Å². The number of anilines is 2. The molecule has 1 fully saturated rings. The van der Waals surface area contributed by atoms with E-state index in [2.05, 4.69) is 31.2 Å². The Hall–Kier alpha value is -2.91. The van der Waals surface area contributed by atoms with Gasteiger partial charge in [0.2, 0.25) is 18.6 Å². The SMILES string of the molecule is O=C(CCO)Nc1cnc(N2CCN(Cc3ccc4c(c3)OCO4)CC2)nc1. The summed E-state index contributed by atoms with van der Waals surface area (Å²) in [4.78, 5) is 24.7. The van der Waals surface area contributed by atoms with E-state index < -0.39 is 0 Å². The van der Waals surface area contributed by atoms with Crippen molar-refractivity contribution in [3.05, 3.63) is 36.2 Å². The van der Waals surface area contributed by atoms with E-state index >= 15 is 0 Å². The molecule has 0 saturated carbocycles. The van der Waals surface area contributed by atoms with Gasteiger partial charge in [-0.3, -0.25) is 9.69 Å². The molecular weight excluding hydrogens is 362 g/mol. The Kier molecular flexibility index (Phi) is 5.54. The number of hydrogen-bond donors (Lipinski definition) is 2. The molecule has 2 aliphatic rings. The first-order valence-electron chi connectivity index (χ1n) is 9.30. The van der Waals surface area contributed by atoms with Gasteiger partial charge in [0.05, 0.1) is 31.1 Å². The summed E-state index contributed by atoms with van der Waals surface area (Å²) in [6.45, 7) is 4.46. The Bertz CT molecular complexity index is 822. The molecule has 4 rings (SSSR count). The lowest BCUT2D eigenvalue weighted by Gasteiger charge is -2.34. The average molecular weight is 385 g/mol. The zero-order valence-corrected chi connectivity index (χ0v) is 15.5. The third-order valence-electron chi connectivity index (χ3n) is 4.76. The third-order valence-corrected chi connectivity index (χ3v) is 4.76. The molecule has 0 aliphatic carbocycles. The van der Waals surface area contributed by atoms with E-state index in [-0.39, 0.29) is 18.9 Å². The number of nitrogens with one attached hydrogen (secondary N) is 1. The van der Waals surface area contributed by atoms with E-state index in [4.69, 9.17) is 14.6 Å². The summed E-state index contributed by atoms with van der Waals surface area (Å²) in [5.41, 5.74) is 1.74. The number of piperazine rings is 1. The second kappa shape index (κ2) is 8.41. The summed E-state index contributed by atoms with van der Waals surface area (Å²) in [7, 11) is 0. The first kappa shape index (κ1) is 18.5. The third kappa shape index (κ3) is 4.32. The Morgan fingerprint density at radius 2 is 1.86 bits per heavy atom. The Morgan fingerprint density at radius 3 is 2.61 bits per heavy atom. The molecule has 0 bridgehead atoms. The van der Waals surface area contributed by atoms with Crippen LogP contribution in [0, 0.1) is 0 Å². The van der Waals surface area contributed by atoms with Crippen molar-refractivity contribution in [2.45, 2.75) is 13.0 Å². The van der Waals surface area contributed by atoms with Crippen molar-refractivity contribution >= 4 is 17.5 Å². The molecule has 0 radical (unpaired) electrons. The van der Waals surface area contributed by atoms with Gasteiger partial charge < -0.3 is 24.8 Å². The van der Waals surface area contributed by atoms with Crippen LogP contribution in [0.3, 0.4) is 0 Å². The second-order valence-corrected chi connectivity index (χ2v) is 6.74. The van der Waals surface area contributed by atoms with E-state index in [0.29, 0.717) is 18.4 Å². The molecule has 148 valence electrons. The van der Waals surface area contributed by atoms with Crippen molar-refractivity contribution in [2.75, 3.05) is 49.8 Å². The van der Waals surface area contributed by atoms with Gasteiger partial charge >= 0.3 is 0 Å². The molecule has 1 amide bonds. The number of aliphatic hydroxyl groups is 1. The van der Waals surface area contributed by atoms with Crippen molar-refractivity contribution in [1.82, 2.24) is 14.9 Å². The molecule has 0 unspecified atom stereocenters. The fourth-order valence-electron chi connectivity index (χ4n) is 3.28. The predicted octanol–water partition coefficient (Wildman–Crippen LogP) is 0.848. The van der Waals surface area contributed by atoms with Gasteiger partial charge in [-0.25, -0.2) is 9.97 Å². The maximum atomic E-state index is 11.5. The van der Waals surface area contributed by atoms with E-state index in [1.54, 1.807) is 12.4 Å². The number of carbonyl (C=O) groups excluding carboxylic acids is 1. The van der Waals surface area contributed by atoms with Gasteiger partial charge in [-0.15, -0.1) is 0 Å². The molecule has 3 heterocycles. The Morgan fingerprint density at radius 1 is 1.11 bits per heavy atom. The van der Waals surface area contributed by atoms with Crippen molar-refractivity contribution < 1.29 is 19.4 Å². The van der Waals surface area contributed by atoms with Gasteiger partial charge in [0, 0.05) is 32.7 Å². The van der Waals surface area contributed by atoms with Crippen molar-refractivity contribution in [3.8, 4) is 11.5 Å². The van der Waals surface area contributed by atoms with Crippen LogP contribution in [0.4, 0.5) is 11.6 Å². The molecule has 9 heteroatoms. The minimum absolute atomic E-state index is 0.0626. The highest BCUT2D eigenvalue weighted by molar-refractivity contribution is 5.90. The highest BCUT2D eigenvalue weighted by Crippen LogP contribution is 2.32. The van der Waals surface area contributed by atoms with Crippen LogP contribution in [-0.2, 0) is 11.3 Å². The van der Waals surface area contributed by atoms with Gasteiger partial charge in [0.1, 0.15) is 0 Å². The number of rotatable bonds is 6. The number of hydrogen-bond acceptors (Lipinski definition) is 8. The molecule has 28 heavy (non-hydrogen) atoms. The maximum Gasteiger partial charge on any atom is 0.231 e. The van der Waals surface area contributed by atoms with Crippen molar-refractivity contribution in [3.63, 3.8) is 0 Å². The summed E-state index contributed by atoms with van der Waals surface area (Å²) in [5, 5.41) is 11.4. The smallest absolute Gasteiger partial charge is 0.231 e. The van der Waals surface area contributed by atoms with Gasteiger partial charge in [-0.1, -0.05) is 6.07 Å². The molecule has 2 aliphatic heterocycles. The lowest BCUT2D eigenvalue weighted by Crippen LogP contribution is -2.46. The number of ether oxygens (including phenoxy) is 2. The summed E-state index contributed by atoms with van der Waals surface area (Å²) >= 11 is 0. The number of carbonyl (C=O) groups is 1. The first-order valence-corrected chi connectivity index (χ1v) is 9.30. The topological polar surface area (TPSA) is 100 Å². The van der Waals surface area contributed by atoms with Crippen LogP contribution in [0.1, 0.15) is 12.0 Å². The highest BCUT2D eigenvalue weighted by atomic mass is 16.7. The molecule has 9 nitrogen and oxygen atoms in total. The number of aromatic nitrogens is 2. The van der Waals surface area contributed by atoms with Crippen LogP contribution in [0.15, 0.2) is 30.6 Å². The van der Waals surface area contributed by atoms with E-state index in [1.807, 2.05) is 12.1 Å².